The van der Waals surface area contributed by atoms with Crippen LogP contribution < -0.4 is 10.2 Å². The Morgan fingerprint density at radius 1 is 0.681 bits per heavy atom. The number of nitrogens with zero attached hydrogens (tertiary/aromatic N) is 2. The van der Waals surface area contributed by atoms with Crippen molar-refractivity contribution in [3.63, 3.8) is 0 Å². The number of carbonyl (C=O) groups excluding carboxylic acids is 2. The number of phenols is 2. The van der Waals surface area contributed by atoms with E-state index in [0.717, 1.165) is 73.2 Å². The Balaban J connectivity index is 0.00000211. The van der Waals surface area contributed by atoms with Crippen LogP contribution in [0.4, 0.5) is 11.4 Å². The van der Waals surface area contributed by atoms with Crippen LogP contribution in [-0.2, 0) is 50.0 Å². The Hall–Kier alpha value is -3.95. The zero-order chi connectivity index (χ0) is 35.2. The van der Waals surface area contributed by atoms with Crippen molar-refractivity contribution in [2.24, 2.45) is 9.98 Å². The number of aryl methyl sites for hydroxylation is 2. The number of benzene rings is 3. The normalized spacial score (nSPS) is 11.3. The van der Waals surface area contributed by atoms with Crippen LogP contribution in [0, 0.1) is 0 Å². The number of phenolic OH excluding ortho intramolecular Hbond substituents is 2. The minimum Gasteiger partial charge on any atom is -0.550 e. The molecule has 0 aromatic heterocycles. The van der Waals surface area contributed by atoms with Crippen LogP contribution in [0.5, 0.6) is 11.5 Å². The fraction of sp³-hybridized carbons (Fsp3) is 0.421. The number of carbonyl (C=O) groups is 2. The number of carboxylic acid groups (broad SMARTS) is 2. The van der Waals surface area contributed by atoms with E-state index in [4.69, 9.17) is 19.8 Å². The summed E-state index contributed by atoms with van der Waals surface area (Å²) in [6, 6.07) is 15.9. The molecule has 3 aromatic carbocycles. The summed E-state index contributed by atoms with van der Waals surface area (Å²) in [4.78, 5) is 27.1. The Bertz CT molecular complexity index is 1410. The first-order valence-corrected chi connectivity index (χ1v) is 15.6. The summed E-state index contributed by atoms with van der Waals surface area (Å²) >= 11 is 0. The second-order valence-electron chi connectivity index (χ2n) is 13.2. The quantitative estimate of drug-likeness (QED) is 0.255. The first-order chi connectivity index (χ1) is 21.3. The van der Waals surface area contributed by atoms with E-state index < -0.39 is 11.9 Å². The molecular formula is C38H50CoN2O6. The van der Waals surface area contributed by atoms with Gasteiger partial charge in [0.2, 0.25) is 0 Å². The average molecular weight is 690 g/mol. The van der Waals surface area contributed by atoms with Crippen LogP contribution >= 0.6 is 0 Å². The molecule has 0 heterocycles. The number of aliphatic carboxylic acids is 2. The number of hydrogen-bond acceptors (Lipinski definition) is 8. The fourth-order valence-electron chi connectivity index (χ4n) is 4.59. The molecule has 0 fully saturated rings. The van der Waals surface area contributed by atoms with E-state index in [1.54, 1.807) is 12.4 Å². The van der Waals surface area contributed by atoms with E-state index in [1.807, 2.05) is 36.4 Å². The number of hydrogen-bond donors (Lipinski definition) is 2. The van der Waals surface area contributed by atoms with Crippen molar-refractivity contribution in [2.75, 3.05) is 0 Å². The van der Waals surface area contributed by atoms with Crippen molar-refractivity contribution in [2.45, 2.75) is 106 Å². The third kappa shape index (κ3) is 15.5. The molecule has 0 spiro atoms. The molecular weight excluding hydrogens is 639 g/mol. The van der Waals surface area contributed by atoms with E-state index in [1.165, 1.54) is 11.1 Å². The van der Waals surface area contributed by atoms with Crippen LogP contribution in [-0.4, -0.2) is 34.6 Å². The molecule has 47 heavy (non-hydrogen) atoms. The van der Waals surface area contributed by atoms with Gasteiger partial charge in [0.25, 0.3) is 0 Å². The zero-order valence-corrected chi connectivity index (χ0v) is 30.4. The van der Waals surface area contributed by atoms with Crippen LogP contribution in [0.15, 0.2) is 58.5 Å². The molecule has 0 saturated heterocycles. The third-order valence-electron chi connectivity index (χ3n) is 6.63. The second-order valence-corrected chi connectivity index (χ2v) is 13.2. The monoisotopic (exact) mass is 689 g/mol. The molecule has 2 N–H and O–H groups in total. The van der Waals surface area contributed by atoms with E-state index in [0.29, 0.717) is 0 Å². The minimum absolute atomic E-state index is 0. The molecule has 0 aliphatic carbocycles. The van der Waals surface area contributed by atoms with Gasteiger partial charge in [-0.1, -0.05) is 86.4 Å². The van der Waals surface area contributed by atoms with Crippen LogP contribution in [0.1, 0.15) is 115 Å². The Morgan fingerprint density at radius 2 is 1.00 bits per heavy atom. The smallest absolute Gasteiger partial charge is 0.550 e. The largest absolute Gasteiger partial charge is 2.00 e. The van der Waals surface area contributed by atoms with Crippen LogP contribution in [0.25, 0.3) is 0 Å². The fourth-order valence-corrected chi connectivity index (χ4v) is 4.59. The Kier molecular flexibility index (Phi) is 18.0. The molecule has 0 amide bonds. The zero-order valence-electron chi connectivity index (χ0n) is 29.4. The minimum atomic E-state index is -1.08. The predicted molar refractivity (Wildman–Crippen MR) is 184 cm³/mol. The average Bonchev–Trinajstić information content (AvgIpc) is 2.92. The van der Waals surface area contributed by atoms with E-state index >= 15 is 0 Å². The van der Waals surface area contributed by atoms with Crippen molar-refractivity contribution in [3.8, 4) is 11.5 Å². The summed E-state index contributed by atoms with van der Waals surface area (Å²) in [7, 11) is 0. The molecule has 8 nitrogen and oxygen atoms in total. The molecule has 0 unspecified atom stereocenters. The number of aliphatic imine (C=N–C) groups is 2. The molecule has 1 radical (unpaired) electrons. The van der Waals surface area contributed by atoms with E-state index in [-0.39, 0.29) is 39.1 Å². The molecule has 257 valence electrons. The van der Waals surface area contributed by atoms with E-state index in [2.05, 4.69) is 77.5 Å². The molecule has 0 aliphatic rings. The SMILES string of the molecule is CC(=O)[O-].CC(=O)[O-].CCCc1cc(C=Nc2cccc(N=Cc3cc(CCC)cc(C(C)(C)C)c3O)c2)c(O)c(C(C)(C)C)c1.[Co+2]. The van der Waals surface area contributed by atoms with Gasteiger partial charge < -0.3 is 30.0 Å². The topological polar surface area (TPSA) is 145 Å². The first-order valence-electron chi connectivity index (χ1n) is 15.6. The molecule has 3 rings (SSSR count). The van der Waals surface area contributed by atoms with Gasteiger partial charge in [0.15, 0.2) is 0 Å². The van der Waals surface area contributed by atoms with Crippen LogP contribution in [0.3, 0.4) is 0 Å². The Labute approximate surface area is 290 Å². The third-order valence-corrected chi connectivity index (χ3v) is 6.63. The summed E-state index contributed by atoms with van der Waals surface area (Å²) in [5, 5.41) is 39.8. The maximum Gasteiger partial charge on any atom is 2.00 e. The predicted octanol–water partition coefficient (Wildman–Crippen LogP) is 6.61. The van der Waals surface area contributed by atoms with Gasteiger partial charge in [0.1, 0.15) is 11.5 Å². The van der Waals surface area contributed by atoms with Crippen molar-refractivity contribution >= 4 is 35.7 Å². The summed E-state index contributed by atoms with van der Waals surface area (Å²) in [5.41, 5.74) is 6.88. The first kappa shape index (κ1) is 43.0. The number of rotatable bonds is 8. The standard InChI is InChI=1S/C34H44N2O2.2C2H4O2.Co/c1-9-12-23-16-25(31(37)29(18-23)33(3,4)5)21-35-27-14-11-15-28(20-27)36-22-26-17-24(13-10-2)19-30(32(26)38)34(6,7)8;2*1-2(3)4;/h11,14-22,37-38H,9-10,12-13H2,1-8H3;2*1H3,(H,3,4);/q;;;+2/p-2. The molecule has 0 atom stereocenters. The van der Waals surface area contributed by atoms with Gasteiger partial charge >= 0.3 is 16.8 Å². The molecule has 0 aliphatic heterocycles. The van der Waals surface area contributed by atoms with Crippen LogP contribution in [0.2, 0.25) is 0 Å². The van der Waals surface area contributed by atoms with Crippen molar-refractivity contribution in [1.82, 2.24) is 0 Å². The molecule has 0 saturated carbocycles. The maximum absolute atomic E-state index is 11.0. The summed E-state index contributed by atoms with van der Waals surface area (Å²) in [6.45, 7) is 18.9. The summed E-state index contributed by atoms with van der Waals surface area (Å²) in [5.74, 6) is -1.60. The second kappa shape index (κ2) is 19.6. The van der Waals surface area contributed by atoms with Gasteiger partial charge in [-0.3, -0.25) is 9.98 Å². The molecule has 0 bridgehead atoms. The Morgan fingerprint density at radius 3 is 1.28 bits per heavy atom. The van der Waals surface area contributed by atoms with Crippen molar-refractivity contribution in [3.05, 3.63) is 81.9 Å². The van der Waals surface area contributed by atoms with Crippen molar-refractivity contribution < 1.29 is 46.8 Å². The molecule has 3 aromatic rings. The van der Waals surface area contributed by atoms with Gasteiger partial charge in [0, 0.05) is 46.6 Å². The summed E-state index contributed by atoms with van der Waals surface area (Å²) < 4.78 is 0. The summed E-state index contributed by atoms with van der Waals surface area (Å²) in [6.07, 6.45) is 7.47. The van der Waals surface area contributed by atoms with E-state index in [9.17, 15) is 10.2 Å². The van der Waals surface area contributed by atoms with Gasteiger partial charge in [-0.25, -0.2) is 0 Å². The van der Waals surface area contributed by atoms with Gasteiger partial charge in [-0.05, 0) is 79.0 Å². The number of carboxylic acids is 2. The van der Waals surface area contributed by atoms with Gasteiger partial charge in [-0.15, -0.1) is 0 Å². The van der Waals surface area contributed by atoms with Crippen molar-refractivity contribution in [1.29, 1.82) is 0 Å². The van der Waals surface area contributed by atoms with Gasteiger partial charge in [-0.2, -0.15) is 0 Å². The number of aromatic hydroxyl groups is 2. The maximum atomic E-state index is 11.0. The molecule has 9 heteroatoms. The van der Waals surface area contributed by atoms with Gasteiger partial charge in [0.05, 0.1) is 11.4 Å².